The molecule has 1 amide bonds. The molecular weight excluding hydrogens is 346 g/mol. The first kappa shape index (κ1) is 18.1. The summed E-state index contributed by atoms with van der Waals surface area (Å²) in [4.78, 5) is 35.4. The number of carbonyl (C=O) groups excluding carboxylic acids is 1. The first-order valence-electron chi connectivity index (χ1n) is 9.50. The maximum atomic E-state index is 12.5. The second-order valence-electron chi connectivity index (χ2n) is 7.49. The lowest BCUT2D eigenvalue weighted by Gasteiger charge is -2.49. The Labute approximate surface area is 158 Å². The van der Waals surface area contributed by atoms with Gasteiger partial charge in [0.1, 0.15) is 11.8 Å². The molecule has 1 N–H and O–H groups in total. The van der Waals surface area contributed by atoms with E-state index in [4.69, 9.17) is 4.74 Å². The molecule has 1 atom stereocenters. The standard InChI is InChI=1S/C18H27N7O2/c1-23-7-8-25(17-15-16(20-12-19-15)21-13-22-17)11-18(23)4-3-14(26)24(6-5-18)9-10-27-2/h12-13H,3-11H2,1-2H3,(H,19,20,21,22)/t18-/m1/s1. The minimum atomic E-state index is -0.0347. The van der Waals surface area contributed by atoms with Crippen LogP contribution in [0.5, 0.6) is 0 Å². The Morgan fingerprint density at radius 2 is 2.11 bits per heavy atom. The second kappa shape index (κ2) is 7.40. The molecular formula is C18H27N7O2. The molecule has 2 aromatic heterocycles. The minimum absolute atomic E-state index is 0.0347. The van der Waals surface area contributed by atoms with Crippen LogP contribution in [0.15, 0.2) is 12.7 Å². The number of aromatic amines is 1. The molecule has 0 radical (unpaired) electrons. The molecule has 0 saturated carbocycles. The number of ether oxygens (including phenoxy) is 1. The number of hydrogen-bond donors (Lipinski definition) is 1. The number of hydrogen-bond acceptors (Lipinski definition) is 7. The van der Waals surface area contributed by atoms with Crippen LogP contribution in [0.4, 0.5) is 5.82 Å². The van der Waals surface area contributed by atoms with E-state index in [-0.39, 0.29) is 11.4 Å². The van der Waals surface area contributed by atoms with Crippen LogP contribution < -0.4 is 4.90 Å². The fourth-order valence-electron chi connectivity index (χ4n) is 4.30. The molecule has 0 aliphatic carbocycles. The quantitative estimate of drug-likeness (QED) is 0.835. The number of methoxy groups -OCH3 is 1. The van der Waals surface area contributed by atoms with Crippen LogP contribution in [0.1, 0.15) is 19.3 Å². The first-order valence-corrected chi connectivity index (χ1v) is 9.50. The van der Waals surface area contributed by atoms with E-state index in [2.05, 4.69) is 36.8 Å². The lowest BCUT2D eigenvalue weighted by molar-refractivity contribution is -0.131. The number of imidazole rings is 1. The van der Waals surface area contributed by atoms with E-state index >= 15 is 0 Å². The summed E-state index contributed by atoms with van der Waals surface area (Å²) in [5.74, 6) is 1.13. The van der Waals surface area contributed by atoms with Gasteiger partial charge in [-0.05, 0) is 19.9 Å². The van der Waals surface area contributed by atoms with Crippen molar-refractivity contribution in [1.82, 2.24) is 29.7 Å². The number of rotatable bonds is 4. The Bertz CT molecular complexity index is 810. The van der Waals surface area contributed by atoms with Crippen LogP contribution in [0.25, 0.3) is 11.2 Å². The third kappa shape index (κ3) is 3.37. The Hall–Kier alpha value is -2.26. The summed E-state index contributed by atoms with van der Waals surface area (Å²) in [6.07, 6.45) is 5.62. The number of amides is 1. The van der Waals surface area contributed by atoms with Crippen molar-refractivity contribution in [3.8, 4) is 0 Å². The molecule has 9 nitrogen and oxygen atoms in total. The van der Waals surface area contributed by atoms with Gasteiger partial charge in [0.15, 0.2) is 11.5 Å². The molecule has 1 spiro atoms. The van der Waals surface area contributed by atoms with Crippen molar-refractivity contribution < 1.29 is 9.53 Å². The summed E-state index contributed by atoms with van der Waals surface area (Å²) in [7, 11) is 3.85. The van der Waals surface area contributed by atoms with Crippen LogP contribution in [0.2, 0.25) is 0 Å². The van der Waals surface area contributed by atoms with Crippen LogP contribution in [0, 0.1) is 0 Å². The van der Waals surface area contributed by atoms with Crippen LogP contribution in [-0.2, 0) is 9.53 Å². The molecule has 2 aromatic rings. The van der Waals surface area contributed by atoms with Gasteiger partial charge in [-0.1, -0.05) is 0 Å². The van der Waals surface area contributed by atoms with E-state index in [1.165, 1.54) is 0 Å². The number of aromatic nitrogens is 4. The second-order valence-corrected chi connectivity index (χ2v) is 7.49. The summed E-state index contributed by atoms with van der Waals surface area (Å²) in [6, 6.07) is 0. The molecule has 9 heteroatoms. The lowest BCUT2D eigenvalue weighted by atomic mass is 9.86. The fraction of sp³-hybridized carbons (Fsp3) is 0.667. The molecule has 2 aliphatic rings. The summed E-state index contributed by atoms with van der Waals surface area (Å²) >= 11 is 0. The van der Waals surface area contributed by atoms with Gasteiger partial charge in [0.25, 0.3) is 0 Å². The highest BCUT2D eigenvalue weighted by Gasteiger charge is 2.42. The van der Waals surface area contributed by atoms with E-state index in [0.717, 1.165) is 50.4 Å². The van der Waals surface area contributed by atoms with Gasteiger partial charge in [-0.3, -0.25) is 9.69 Å². The van der Waals surface area contributed by atoms with Crippen molar-refractivity contribution in [2.45, 2.75) is 24.8 Å². The highest BCUT2D eigenvalue weighted by Crippen LogP contribution is 2.34. The molecule has 146 valence electrons. The van der Waals surface area contributed by atoms with Gasteiger partial charge in [0.05, 0.1) is 12.9 Å². The topological polar surface area (TPSA) is 90.5 Å². The monoisotopic (exact) mass is 373 g/mol. The minimum Gasteiger partial charge on any atom is -0.383 e. The lowest BCUT2D eigenvalue weighted by Crippen LogP contribution is -2.61. The molecule has 0 unspecified atom stereocenters. The Balaban J connectivity index is 1.57. The van der Waals surface area contributed by atoms with E-state index < -0.39 is 0 Å². The van der Waals surface area contributed by atoms with Gasteiger partial charge in [-0.2, -0.15) is 0 Å². The number of nitrogens with zero attached hydrogens (tertiary/aromatic N) is 6. The predicted octanol–water partition coefficient (Wildman–Crippen LogP) is 0.502. The zero-order chi connectivity index (χ0) is 18.9. The molecule has 2 fully saturated rings. The van der Waals surface area contributed by atoms with E-state index in [9.17, 15) is 4.79 Å². The smallest absolute Gasteiger partial charge is 0.222 e. The summed E-state index contributed by atoms with van der Waals surface area (Å²) in [5, 5.41) is 0. The van der Waals surface area contributed by atoms with Crippen molar-refractivity contribution in [3.05, 3.63) is 12.7 Å². The van der Waals surface area contributed by atoms with Crippen molar-refractivity contribution in [2.24, 2.45) is 0 Å². The van der Waals surface area contributed by atoms with E-state index in [1.807, 2.05) is 4.90 Å². The molecule has 27 heavy (non-hydrogen) atoms. The zero-order valence-electron chi connectivity index (χ0n) is 16.0. The van der Waals surface area contributed by atoms with Crippen LogP contribution in [0.3, 0.4) is 0 Å². The third-order valence-electron chi connectivity index (χ3n) is 6.07. The van der Waals surface area contributed by atoms with Crippen molar-refractivity contribution in [1.29, 1.82) is 0 Å². The highest BCUT2D eigenvalue weighted by atomic mass is 16.5. The van der Waals surface area contributed by atoms with Gasteiger partial charge in [0.2, 0.25) is 5.91 Å². The van der Waals surface area contributed by atoms with Crippen LogP contribution in [-0.4, -0.2) is 94.7 Å². The first-order chi connectivity index (χ1) is 13.1. The highest BCUT2D eigenvalue weighted by molar-refractivity contribution is 5.82. The SMILES string of the molecule is COCCN1CC[C@]2(CCC1=O)CN(c1ncnc3nc[nH]c13)CCN2C. The van der Waals surface area contributed by atoms with Crippen molar-refractivity contribution in [3.63, 3.8) is 0 Å². The van der Waals surface area contributed by atoms with Gasteiger partial charge < -0.3 is 19.5 Å². The summed E-state index contributed by atoms with van der Waals surface area (Å²) < 4.78 is 5.16. The number of piperazine rings is 1. The average molecular weight is 373 g/mol. The summed E-state index contributed by atoms with van der Waals surface area (Å²) in [5.41, 5.74) is 1.53. The van der Waals surface area contributed by atoms with Crippen LogP contribution >= 0.6 is 0 Å². The largest absolute Gasteiger partial charge is 0.383 e. The number of nitrogens with one attached hydrogen (secondary N) is 1. The molecule has 0 bridgehead atoms. The Kier molecular flexibility index (Phi) is 4.96. The number of anilines is 1. The molecule has 4 rings (SSSR count). The Morgan fingerprint density at radius 1 is 1.22 bits per heavy atom. The van der Waals surface area contributed by atoms with E-state index in [1.54, 1.807) is 19.8 Å². The average Bonchev–Trinajstić information content (AvgIpc) is 3.11. The Morgan fingerprint density at radius 3 is 2.96 bits per heavy atom. The normalized spacial score (nSPS) is 24.7. The number of H-pyrrole nitrogens is 1. The van der Waals surface area contributed by atoms with Gasteiger partial charge >= 0.3 is 0 Å². The van der Waals surface area contributed by atoms with Gasteiger partial charge in [-0.15, -0.1) is 0 Å². The maximum Gasteiger partial charge on any atom is 0.222 e. The van der Waals surface area contributed by atoms with Crippen molar-refractivity contribution in [2.75, 3.05) is 58.4 Å². The zero-order valence-corrected chi connectivity index (χ0v) is 16.0. The summed E-state index contributed by atoms with van der Waals surface area (Å²) in [6.45, 7) is 4.69. The van der Waals surface area contributed by atoms with Gasteiger partial charge in [0, 0.05) is 51.8 Å². The fourth-order valence-corrected chi connectivity index (χ4v) is 4.30. The van der Waals surface area contributed by atoms with Gasteiger partial charge in [-0.25, -0.2) is 15.0 Å². The molecule has 4 heterocycles. The van der Waals surface area contributed by atoms with Crippen molar-refractivity contribution >= 4 is 22.9 Å². The molecule has 0 aromatic carbocycles. The number of likely N-dealkylation sites (N-methyl/N-ethyl adjacent to an activating group) is 1. The number of likely N-dealkylation sites (tertiary alicyclic amines) is 1. The molecule has 2 saturated heterocycles. The number of fused-ring (bicyclic) bond motifs is 1. The third-order valence-corrected chi connectivity index (χ3v) is 6.07. The van der Waals surface area contributed by atoms with E-state index in [0.29, 0.717) is 25.2 Å². The molecule has 2 aliphatic heterocycles. The predicted molar refractivity (Wildman–Crippen MR) is 102 cm³/mol. The number of carbonyl (C=O) groups is 1. The maximum absolute atomic E-state index is 12.5.